The van der Waals surface area contributed by atoms with Crippen LogP contribution in [0.15, 0.2) is 36.5 Å². The van der Waals surface area contributed by atoms with E-state index in [2.05, 4.69) is 11.2 Å². The summed E-state index contributed by atoms with van der Waals surface area (Å²) < 4.78 is 31.0. The quantitative estimate of drug-likeness (QED) is 0.753. The first-order valence-corrected chi connectivity index (χ1v) is 4.21. The average Bonchev–Trinajstić information content (AvgIpc) is 2.25. The Morgan fingerprint density at radius 2 is 2.07 bits per heavy atom. The Morgan fingerprint density at radius 3 is 2.80 bits per heavy atom. The summed E-state index contributed by atoms with van der Waals surface area (Å²) in [5, 5.41) is 0. The van der Waals surface area contributed by atoms with Crippen LogP contribution in [0.4, 0.5) is 8.78 Å². The third-order valence-corrected chi connectivity index (χ3v) is 1.71. The average molecular weight is 206 g/mol. The molecule has 2 nitrogen and oxygen atoms in total. The van der Waals surface area contributed by atoms with Crippen LogP contribution < -0.4 is 4.74 Å². The van der Waals surface area contributed by atoms with Crippen molar-refractivity contribution >= 4 is 0 Å². The number of rotatable bonds is 2. The molecule has 0 saturated carbocycles. The molecule has 0 unspecified atom stereocenters. The van der Waals surface area contributed by atoms with Crippen molar-refractivity contribution in [3.05, 3.63) is 54.4 Å². The van der Waals surface area contributed by atoms with E-state index in [0.717, 1.165) is 18.2 Å². The van der Waals surface area contributed by atoms with Crippen molar-refractivity contribution in [2.45, 2.75) is 0 Å². The van der Waals surface area contributed by atoms with Crippen LogP contribution in [0.25, 0.3) is 0 Å². The number of hydrogen-bond acceptors (Lipinski definition) is 2. The van der Waals surface area contributed by atoms with Gasteiger partial charge in [-0.15, -0.1) is 0 Å². The predicted molar refractivity (Wildman–Crippen MR) is 49.5 cm³/mol. The maximum atomic E-state index is 13.1. The Morgan fingerprint density at radius 1 is 1.20 bits per heavy atom. The fraction of sp³-hybridized carbons (Fsp3) is 0. The third-order valence-electron chi connectivity index (χ3n) is 1.71. The molecule has 0 aliphatic rings. The van der Waals surface area contributed by atoms with Crippen LogP contribution in [-0.4, -0.2) is 4.98 Å². The van der Waals surface area contributed by atoms with Gasteiger partial charge >= 0.3 is 0 Å². The lowest BCUT2D eigenvalue weighted by Gasteiger charge is -2.05. The number of halogens is 2. The zero-order chi connectivity index (χ0) is 10.7. The first kappa shape index (κ1) is 9.58. The summed E-state index contributed by atoms with van der Waals surface area (Å²) in [6.45, 7) is 0. The molecule has 0 aliphatic heterocycles. The van der Waals surface area contributed by atoms with Crippen molar-refractivity contribution in [3.63, 3.8) is 0 Å². The van der Waals surface area contributed by atoms with Crippen molar-refractivity contribution in [1.82, 2.24) is 4.98 Å². The molecule has 75 valence electrons. The van der Waals surface area contributed by atoms with E-state index < -0.39 is 11.6 Å². The molecule has 0 bridgehead atoms. The molecule has 1 aromatic carbocycles. The van der Waals surface area contributed by atoms with E-state index >= 15 is 0 Å². The Labute approximate surface area is 85.2 Å². The molecule has 15 heavy (non-hydrogen) atoms. The van der Waals surface area contributed by atoms with Gasteiger partial charge < -0.3 is 4.74 Å². The minimum absolute atomic E-state index is 0.164. The summed E-state index contributed by atoms with van der Waals surface area (Å²) in [6.07, 6.45) is 3.91. The summed E-state index contributed by atoms with van der Waals surface area (Å²) in [5.74, 6) is -1.01. The highest BCUT2D eigenvalue weighted by Gasteiger charge is 2.05. The fourth-order valence-electron chi connectivity index (χ4n) is 1.05. The summed E-state index contributed by atoms with van der Waals surface area (Å²) in [7, 11) is 0. The smallest absolute Gasteiger partial charge is 0.166 e. The molecule has 0 saturated heterocycles. The predicted octanol–water partition coefficient (Wildman–Crippen LogP) is 2.95. The van der Waals surface area contributed by atoms with Crippen LogP contribution in [0.2, 0.25) is 0 Å². The van der Waals surface area contributed by atoms with Crippen LogP contribution in [0.5, 0.6) is 11.5 Å². The maximum absolute atomic E-state index is 13.1. The van der Waals surface area contributed by atoms with Gasteiger partial charge in [0.25, 0.3) is 0 Å². The van der Waals surface area contributed by atoms with Crippen LogP contribution in [0.1, 0.15) is 0 Å². The summed E-state index contributed by atoms with van der Waals surface area (Å²) >= 11 is 0. The number of nitrogens with zero attached hydrogens (tertiary/aromatic N) is 1. The Balaban J connectivity index is 2.28. The van der Waals surface area contributed by atoms with Gasteiger partial charge in [-0.3, -0.25) is 4.98 Å². The molecule has 0 atom stereocenters. The van der Waals surface area contributed by atoms with Crippen molar-refractivity contribution in [2.24, 2.45) is 0 Å². The van der Waals surface area contributed by atoms with E-state index in [9.17, 15) is 8.78 Å². The minimum atomic E-state index is -0.621. The topological polar surface area (TPSA) is 22.1 Å². The second kappa shape index (κ2) is 4.04. The van der Waals surface area contributed by atoms with Crippen molar-refractivity contribution < 1.29 is 13.5 Å². The van der Waals surface area contributed by atoms with Crippen molar-refractivity contribution in [2.75, 3.05) is 0 Å². The molecular formula is C11H6F2NO. The second-order valence-electron chi connectivity index (χ2n) is 2.80. The number of aromatic nitrogens is 1. The molecular weight excluding hydrogens is 200 g/mol. The molecule has 2 rings (SSSR count). The number of ether oxygens (including phenoxy) is 1. The summed E-state index contributed by atoms with van der Waals surface area (Å²) in [5.41, 5.74) is 0. The highest BCUT2D eigenvalue weighted by Crippen LogP contribution is 2.24. The Kier molecular flexibility index (Phi) is 2.58. The minimum Gasteiger partial charge on any atom is -0.453 e. The second-order valence-corrected chi connectivity index (χ2v) is 2.80. The van der Waals surface area contributed by atoms with Crippen LogP contribution >= 0.6 is 0 Å². The van der Waals surface area contributed by atoms with Gasteiger partial charge in [0.1, 0.15) is 11.6 Å². The van der Waals surface area contributed by atoms with Gasteiger partial charge in [-0.1, -0.05) is 0 Å². The van der Waals surface area contributed by atoms with E-state index in [-0.39, 0.29) is 5.75 Å². The zero-order valence-electron chi connectivity index (χ0n) is 7.58. The summed E-state index contributed by atoms with van der Waals surface area (Å²) in [6, 6.07) is 6.09. The zero-order valence-corrected chi connectivity index (χ0v) is 7.58. The first-order chi connectivity index (χ1) is 7.25. The van der Waals surface area contributed by atoms with E-state index in [1.807, 2.05) is 0 Å². The molecule has 1 aromatic heterocycles. The lowest BCUT2D eigenvalue weighted by atomic mass is 10.3. The molecule has 2 aromatic rings. The molecule has 0 fully saturated rings. The van der Waals surface area contributed by atoms with Crippen LogP contribution in [-0.2, 0) is 0 Å². The Bertz CT molecular complexity index is 459. The summed E-state index contributed by atoms with van der Waals surface area (Å²) in [4.78, 5) is 3.67. The van der Waals surface area contributed by atoms with Gasteiger partial charge in [-0.05, 0) is 24.3 Å². The van der Waals surface area contributed by atoms with E-state index in [4.69, 9.17) is 4.74 Å². The SMILES string of the molecule is Fc1ccc(F)c(Oc2cc[c]nc2)c1. The van der Waals surface area contributed by atoms with E-state index in [1.165, 1.54) is 12.3 Å². The van der Waals surface area contributed by atoms with Gasteiger partial charge in [0, 0.05) is 6.07 Å². The van der Waals surface area contributed by atoms with Crippen molar-refractivity contribution in [1.29, 1.82) is 0 Å². The lowest BCUT2D eigenvalue weighted by Crippen LogP contribution is -1.89. The lowest BCUT2D eigenvalue weighted by molar-refractivity contribution is 0.435. The monoisotopic (exact) mass is 206 g/mol. The molecule has 0 spiro atoms. The largest absolute Gasteiger partial charge is 0.453 e. The van der Waals surface area contributed by atoms with E-state index in [1.54, 1.807) is 6.07 Å². The fourth-order valence-corrected chi connectivity index (χ4v) is 1.05. The standard InChI is InChI=1S/C11H6F2NO/c12-8-3-4-10(13)11(6-8)15-9-2-1-5-14-7-9/h1-4,6-7H. The van der Waals surface area contributed by atoms with Gasteiger partial charge in [0.15, 0.2) is 11.6 Å². The van der Waals surface area contributed by atoms with Gasteiger partial charge in [0.05, 0.1) is 12.4 Å². The highest BCUT2D eigenvalue weighted by molar-refractivity contribution is 5.30. The van der Waals surface area contributed by atoms with Gasteiger partial charge in [0.2, 0.25) is 0 Å². The molecule has 1 radical (unpaired) electrons. The van der Waals surface area contributed by atoms with Crippen LogP contribution in [0, 0.1) is 17.8 Å². The third kappa shape index (κ3) is 2.28. The maximum Gasteiger partial charge on any atom is 0.166 e. The Hall–Kier alpha value is -1.97. The molecule has 0 amide bonds. The van der Waals surface area contributed by atoms with Gasteiger partial charge in [-0.2, -0.15) is 0 Å². The molecule has 1 heterocycles. The van der Waals surface area contributed by atoms with E-state index in [0.29, 0.717) is 5.75 Å². The molecule has 0 N–H and O–H groups in total. The molecule has 4 heteroatoms. The number of pyridine rings is 1. The normalized spacial score (nSPS) is 10.0. The highest BCUT2D eigenvalue weighted by atomic mass is 19.1. The first-order valence-electron chi connectivity index (χ1n) is 4.21. The number of benzene rings is 1. The number of hydrogen-bond donors (Lipinski definition) is 0. The van der Waals surface area contributed by atoms with Crippen LogP contribution in [0.3, 0.4) is 0 Å². The van der Waals surface area contributed by atoms with Crippen molar-refractivity contribution in [3.8, 4) is 11.5 Å². The molecule has 0 aliphatic carbocycles. The van der Waals surface area contributed by atoms with Gasteiger partial charge in [-0.25, -0.2) is 8.78 Å².